The molecule has 2 aliphatic carbocycles. The van der Waals surface area contributed by atoms with Crippen molar-refractivity contribution < 1.29 is 0 Å². The summed E-state index contributed by atoms with van der Waals surface area (Å²) in [7, 11) is 0. The topological polar surface area (TPSA) is 0 Å². The van der Waals surface area contributed by atoms with Crippen molar-refractivity contribution in [3.63, 3.8) is 0 Å². The Hall–Kier alpha value is -1.91. The van der Waals surface area contributed by atoms with Gasteiger partial charge in [0.25, 0.3) is 0 Å². The van der Waals surface area contributed by atoms with Crippen LogP contribution in [-0.2, 0) is 10.8 Å². The van der Waals surface area contributed by atoms with Crippen molar-refractivity contribution in [2.24, 2.45) is 23.7 Å². The summed E-state index contributed by atoms with van der Waals surface area (Å²) in [5.74, 6) is 2.21. The highest BCUT2D eigenvalue weighted by Gasteiger charge is 2.51. The highest BCUT2D eigenvalue weighted by atomic mass is 127. The van der Waals surface area contributed by atoms with Crippen molar-refractivity contribution in [2.45, 2.75) is 118 Å². The van der Waals surface area contributed by atoms with Crippen LogP contribution in [0.1, 0.15) is 129 Å². The van der Waals surface area contributed by atoms with Gasteiger partial charge in [0.2, 0.25) is 0 Å². The summed E-state index contributed by atoms with van der Waals surface area (Å²) in [6, 6.07) is 29.4. The molecule has 0 nitrogen and oxygen atoms in total. The molecule has 4 aromatic carbocycles. The molecule has 0 spiro atoms. The first-order chi connectivity index (χ1) is 23.1. The van der Waals surface area contributed by atoms with Gasteiger partial charge >= 0.3 is 0 Å². The van der Waals surface area contributed by atoms with Gasteiger partial charge in [0, 0.05) is 18.9 Å². The number of fused-ring (bicyclic) bond motifs is 6. The van der Waals surface area contributed by atoms with Crippen LogP contribution in [0.5, 0.6) is 0 Å². The zero-order valence-electron chi connectivity index (χ0n) is 30.7. The first-order valence-corrected chi connectivity index (χ1v) is 20.9. The van der Waals surface area contributed by atoms with Crippen molar-refractivity contribution in [1.82, 2.24) is 0 Å². The van der Waals surface area contributed by atoms with E-state index in [0.29, 0.717) is 23.7 Å². The molecular weight excluding hydrogens is 759 g/mol. The lowest BCUT2D eigenvalue weighted by Crippen LogP contribution is -2.40. The van der Waals surface area contributed by atoms with E-state index < -0.39 is 0 Å². The molecule has 4 aromatic rings. The molecule has 0 heterocycles. The minimum atomic E-state index is -0.00480. The summed E-state index contributed by atoms with van der Waals surface area (Å²) in [5.41, 5.74) is 14.8. The van der Waals surface area contributed by atoms with Gasteiger partial charge in [-0.15, -0.1) is 0 Å². The van der Waals surface area contributed by atoms with Gasteiger partial charge in [-0.25, -0.2) is 0 Å². The van der Waals surface area contributed by atoms with Gasteiger partial charge in [0.1, 0.15) is 0 Å². The molecule has 2 aliphatic rings. The summed E-state index contributed by atoms with van der Waals surface area (Å²) < 4.78 is 2.54. The Labute approximate surface area is 314 Å². The highest BCUT2D eigenvalue weighted by Crippen LogP contribution is 2.61. The molecule has 0 fully saturated rings. The van der Waals surface area contributed by atoms with Crippen LogP contribution in [0.15, 0.2) is 77.3 Å². The number of hydrogen-bond acceptors (Lipinski definition) is 0. The van der Waals surface area contributed by atoms with Crippen LogP contribution in [0.3, 0.4) is 0 Å². The summed E-state index contributed by atoms with van der Waals surface area (Å²) in [6.45, 7) is 19.6. The van der Waals surface area contributed by atoms with Crippen LogP contribution in [0, 0.1) is 27.2 Å². The van der Waals surface area contributed by atoms with Gasteiger partial charge in [0.05, 0.1) is 0 Å². The second-order valence-electron chi connectivity index (χ2n) is 15.4. The average Bonchev–Trinajstić information content (AvgIpc) is 3.52. The maximum Gasteiger partial charge on any atom is 0.0266 e. The fourth-order valence-corrected chi connectivity index (χ4v) is 11.7. The SMILES string of the molecule is CCCC(C)C1(C(C)CCC)c2cc(Br)ccc2-c2ccc(-c3ccc4c(c3)C(C(C)CCC)(C(C)CCC)c3cc(I)ccc3-4)cc21. The molecule has 4 atom stereocenters. The lowest BCUT2D eigenvalue weighted by atomic mass is 9.59. The Balaban J connectivity index is 1.60. The van der Waals surface area contributed by atoms with Crippen LogP contribution in [0.25, 0.3) is 33.4 Å². The van der Waals surface area contributed by atoms with Gasteiger partial charge in [-0.1, -0.05) is 133 Å². The standard InChI is InChI=1S/C46H56BrI/c1-9-13-29(5)45(30(6)14-10-2)41-25-33(17-21-37(41)39-23-19-35(47)27-43(39)45)34-18-22-38-40-24-20-36(48)28-44(40)46(42(38)26-34,31(7)15-11-3)32(8)16-12-4/h17-32H,9-16H2,1-8H3. The molecular formula is C46H56BrI. The Morgan fingerprint density at radius 3 is 1.21 bits per heavy atom. The summed E-state index contributed by atoms with van der Waals surface area (Å²) in [6.07, 6.45) is 9.78. The minimum Gasteiger partial charge on any atom is -0.0654 e. The quantitative estimate of drug-likeness (QED) is 0.118. The Kier molecular flexibility index (Phi) is 10.8. The molecule has 4 unspecified atom stereocenters. The number of rotatable bonds is 13. The molecule has 254 valence electrons. The molecule has 0 saturated carbocycles. The molecule has 0 saturated heterocycles. The van der Waals surface area contributed by atoms with Gasteiger partial charge in [0.15, 0.2) is 0 Å². The van der Waals surface area contributed by atoms with Crippen molar-refractivity contribution in [3.8, 4) is 33.4 Å². The molecule has 2 heteroatoms. The molecule has 0 bridgehead atoms. The van der Waals surface area contributed by atoms with Gasteiger partial charge < -0.3 is 0 Å². The van der Waals surface area contributed by atoms with E-state index >= 15 is 0 Å². The minimum absolute atomic E-state index is 0.00480. The highest BCUT2D eigenvalue weighted by molar-refractivity contribution is 14.1. The van der Waals surface area contributed by atoms with E-state index in [-0.39, 0.29) is 10.8 Å². The van der Waals surface area contributed by atoms with E-state index in [2.05, 4.69) is 167 Å². The summed E-state index contributed by atoms with van der Waals surface area (Å²) in [4.78, 5) is 0. The first-order valence-electron chi connectivity index (χ1n) is 19.0. The lowest BCUT2D eigenvalue weighted by molar-refractivity contribution is 0.222. The van der Waals surface area contributed by atoms with Crippen molar-refractivity contribution >= 4 is 38.5 Å². The largest absolute Gasteiger partial charge is 0.0654 e. The first kappa shape index (κ1) is 35.9. The Bertz CT molecular complexity index is 1630. The Morgan fingerprint density at radius 2 is 0.812 bits per heavy atom. The monoisotopic (exact) mass is 814 g/mol. The molecule has 0 radical (unpaired) electrons. The fourth-order valence-electron chi connectivity index (χ4n) is 10.8. The van der Waals surface area contributed by atoms with Crippen LogP contribution >= 0.6 is 38.5 Å². The van der Waals surface area contributed by atoms with Gasteiger partial charge in [-0.2, -0.15) is 0 Å². The smallest absolute Gasteiger partial charge is 0.0266 e. The third-order valence-corrected chi connectivity index (χ3v) is 13.9. The van der Waals surface area contributed by atoms with E-state index in [1.165, 1.54) is 98.4 Å². The molecule has 0 N–H and O–H groups in total. The number of benzene rings is 4. The summed E-state index contributed by atoms with van der Waals surface area (Å²) in [5, 5.41) is 0. The van der Waals surface area contributed by atoms with E-state index in [0.717, 1.165) is 0 Å². The Morgan fingerprint density at radius 1 is 0.479 bits per heavy atom. The lowest BCUT2D eigenvalue weighted by Gasteiger charge is -2.44. The zero-order chi connectivity index (χ0) is 34.4. The number of hydrogen-bond donors (Lipinski definition) is 0. The molecule has 0 aromatic heterocycles. The maximum atomic E-state index is 3.89. The predicted octanol–water partition coefficient (Wildman–Crippen LogP) is 15.0. The number of halogens is 2. The normalized spacial score (nSPS) is 21.6. The van der Waals surface area contributed by atoms with Crippen LogP contribution in [0.4, 0.5) is 0 Å². The van der Waals surface area contributed by atoms with Crippen LogP contribution in [-0.4, -0.2) is 0 Å². The fraction of sp³-hybridized carbons (Fsp3) is 0.478. The predicted molar refractivity (Wildman–Crippen MR) is 221 cm³/mol. The maximum absolute atomic E-state index is 3.89. The van der Waals surface area contributed by atoms with E-state index in [1.54, 1.807) is 16.7 Å². The second-order valence-corrected chi connectivity index (χ2v) is 17.6. The molecule has 0 amide bonds. The van der Waals surface area contributed by atoms with E-state index in [1.807, 2.05) is 0 Å². The van der Waals surface area contributed by atoms with Crippen molar-refractivity contribution in [1.29, 1.82) is 0 Å². The van der Waals surface area contributed by atoms with Gasteiger partial charge in [-0.05, 0) is 164 Å². The molecule has 0 aliphatic heterocycles. The van der Waals surface area contributed by atoms with Crippen LogP contribution < -0.4 is 0 Å². The zero-order valence-corrected chi connectivity index (χ0v) is 34.4. The van der Waals surface area contributed by atoms with Crippen molar-refractivity contribution in [3.05, 3.63) is 103 Å². The van der Waals surface area contributed by atoms with Crippen LogP contribution in [0.2, 0.25) is 0 Å². The molecule has 48 heavy (non-hydrogen) atoms. The van der Waals surface area contributed by atoms with Gasteiger partial charge in [-0.3, -0.25) is 0 Å². The average molecular weight is 816 g/mol. The molecule has 6 rings (SSSR count). The third-order valence-electron chi connectivity index (χ3n) is 12.7. The summed E-state index contributed by atoms with van der Waals surface area (Å²) >= 11 is 6.43. The van der Waals surface area contributed by atoms with Crippen molar-refractivity contribution in [2.75, 3.05) is 0 Å². The van der Waals surface area contributed by atoms with E-state index in [4.69, 9.17) is 0 Å². The second kappa shape index (κ2) is 14.4. The van der Waals surface area contributed by atoms with E-state index in [9.17, 15) is 0 Å². The third kappa shape index (κ3) is 5.49.